The molecule has 0 bridgehead atoms. The van der Waals surface area contributed by atoms with Gasteiger partial charge in [0.25, 0.3) is 0 Å². The van der Waals surface area contributed by atoms with Crippen LogP contribution in [0, 0.1) is 0 Å². The summed E-state index contributed by atoms with van der Waals surface area (Å²) in [4.78, 5) is 0. The molecule has 1 rings (SSSR count). The van der Waals surface area contributed by atoms with E-state index < -0.39 is 0 Å². The fourth-order valence-electron chi connectivity index (χ4n) is 1.14. The van der Waals surface area contributed by atoms with Gasteiger partial charge in [-0.2, -0.15) is 0 Å². The molecule has 1 fully saturated rings. The zero-order valence-electron chi connectivity index (χ0n) is 4.75. The van der Waals surface area contributed by atoms with Gasteiger partial charge in [0.1, 0.15) is 0 Å². The molecular formula is C5H11NO2. The van der Waals surface area contributed by atoms with Crippen LogP contribution in [0.4, 0.5) is 0 Å². The highest BCUT2D eigenvalue weighted by molar-refractivity contribution is 4.68. The smallest absolute Gasteiger partial charge is 0.0623 e. The van der Waals surface area contributed by atoms with Crippen LogP contribution in [0.25, 0.3) is 0 Å². The maximum atomic E-state index is 8.44. The molecule has 0 unspecified atom stereocenters. The third kappa shape index (κ3) is 1.18. The zero-order valence-corrected chi connectivity index (χ0v) is 4.75. The maximum Gasteiger partial charge on any atom is 0.0623 e. The van der Waals surface area contributed by atoms with Gasteiger partial charge in [-0.15, -0.1) is 0 Å². The number of hydroxylamine groups is 2. The summed E-state index contributed by atoms with van der Waals surface area (Å²) >= 11 is 0. The van der Waals surface area contributed by atoms with Gasteiger partial charge in [-0.05, 0) is 12.8 Å². The predicted octanol–water partition coefficient (Wildman–Crippen LogP) is 1.01. The molecule has 0 radical (unpaired) electrons. The molecule has 1 aliphatic carbocycles. The van der Waals surface area contributed by atoms with Crippen molar-refractivity contribution in [2.24, 2.45) is 0 Å². The van der Waals surface area contributed by atoms with Gasteiger partial charge in [-0.1, -0.05) is 18.1 Å². The molecule has 0 aromatic carbocycles. The third-order valence-electron chi connectivity index (χ3n) is 1.65. The van der Waals surface area contributed by atoms with E-state index in [-0.39, 0.29) is 6.04 Å². The van der Waals surface area contributed by atoms with E-state index >= 15 is 0 Å². The molecule has 3 heteroatoms. The Kier molecular flexibility index (Phi) is 1.83. The van der Waals surface area contributed by atoms with Crippen molar-refractivity contribution in [3.05, 3.63) is 0 Å². The standard InChI is InChI=1S/C5H11NO2/c7-6(8)5-3-1-2-4-5/h5,7-8H,1-4H2. The van der Waals surface area contributed by atoms with E-state index in [0.29, 0.717) is 5.23 Å². The van der Waals surface area contributed by atoms with Crippen molar-refractivity contribution in [2.75, 3.05) is 0 Å². The SMILES string of the molecule is ON(O)C1CCCC1. The molecule has 1 aliphatic rings. The van der Waals surface area contributed by atoms with Crippen LogP contribution in [-0.4, -0.2) is 21.7 Å². The van der Waals surface area contributed by atoms with Gasteiger partial charge in [0.2, 0.25) is 0 Å². The van der Waals surface area contributed by atoms with Crippen LogP contribution in [0.5, 0.6) is 0 Å². The van der Waals surface area contributed by atoms with Crippen molar-refractivity contribution in [3.63, 3.8) is 0 Å². The monoisotopic (exact) mass is 117 g/mol. The average molecular weight is 117 g/mol. The zero-order chi connectivity index (χ0) is 5.98. The van der Waals surface area contributed by atoms with Crippen molar-refractivity contribution in [3.8, 4) is 0 Å². The first-order chi connectivity index (χ1) is 3.80. The summed E-state index contributed by atoms with van der Waals surface area (Å²) in [6.07, 6.45) is 4.10. The van der Waals surface area contributed by atoms with E-state index in [1.165, 1.54) is 0 Å². The summed E-state index contributed by atoms with van der Waals surface area (Å²) in [5.74, 6) is 0. The van der Waals surface area contributed by atoms with Crippen molar-refractivity contribution >= 4 is 0 Å². The Labute approximate surface area is 48.4 Å². The minimum absolute atomic E-state index is 0.00926. The second-order valence-electron chi connectivity index (χ2n) is 2.26. The van der Waals surface area contributed by atoms with Crippen LogP contribution in [0.1, 0.15) is 25.7 Å². The quantitative estimate of drug-likeness (QED) is 0.504. The fraction of sp³-hybridized carbons (Fsp3) is 1.00. The van der Waals surface area contributed by atoms with Crippen LogP contribution in [0.15, 0.2) is 0 Å². The van der Waals surface area contributed by atoms with Gasteiger partial charge in [0, 0.05) is 0 Å². The maximum absolute atomic E-state index is 8.44. The second-order valence-corrected chi connectivity index (χ2v) is 2.26. The average Bonchev–Trinajstić information content (AvgIpc) is 2.12. The third-order valence-corrected chi connectivity index (χ3v) is 1.65. The molecule has 3 nitrogen and oxygen atoms in total. The van der Waals surface area contributed by atoms with E-state index in [4.69, 9.17) is 10.4 Å². The number of nitrogens with zero attached hydrogens (tertiary/aromatic N) is 1. The van der Waals surface area contributed by atoms with Gasteiger partial charge in [0.05, 0.1) is 6.04 Å². The summed E-state index contributed by atoms with van der Waals surface area (Å²) in [6.45, 7) is 0. The van der Waals surface area contributed by atoms with Crippen LogP contribution in [0.3, 0.4) is 0 Å². The first-order valence-electron chi connectivity index (χ1n) is 2.97. The summed E-state index contributed by atoms with van der Waals surface area (Å²) in [5, 5.41) is 17.2. The Morgan fingerprint density at radius 2 is 1.62 bits per heavy atom. The lowest BCUT2D eigenvalue weighted by molar-refractivity contribution is -0.330. The Morgan fingerprint density at radius 1 is 1.12 bits per heavy atom. The molecule has 0 aliphatic heterocycles. The topological polar surface area (TPSA) is 43.7 Å². The first-order valence-corrected chi connectivity index (χ1v) is 2.97. The molecule has 0 aromatic rings. The highest BCUT2D eigenvalue weighted by atomic mass is 16.8. The molecule has 0 aromatic heterocycles. The van der Waals surface area contributed by atoms with E-state index in [1.54, 1.807) is 0 Å². The van der Waals surface area contributed by atoms with E-state index in [9.17, 15) is 0 Å². The van der Waals surface area contributed by atoms with E-state index in [2.05, 4.69) is 0 Å². The molecule has 0 heterocycles. The van der Waals surface area contributed by atoms with Crippen molar-refractivity contribution in [2.45, 2.75) is 31.7 Å². The van der Waals surface area contributed by atoms with Crippen LogP contribution in [0.2, 0.25) is 0 Å². The van der Waals surface area contributed by atoms with Crippen molar-refractivity contribution in [1.29, 1.82) is 0 Å². The second kappa shape index (κ2) is 2.44. The molecule has 0 amide bonds. The summed E-state index contributed by atoms with van der Waals surface area (Å²) in [7, 11) is 0. The highest BCUT2D eigenvalue weighted by Crippen LogP contribution is 2.20. The minimum atomic E-state index is 0.00926. The number of hydrogen-bond acceptors (Lipinski definition) is 3. The number of hydrogen-bond donors (Lipinski definition) is 2. The molecule has 0 spiro atoms. The molecule has 0 saturated heterocycles. The van der Waals surface area contributed by atoms with Crippen LogP contribution < -0.4 is 0 Å². The van der Waals surface area contributed by atoms with Gasteiger partial charge in [0.15, 0.2) is 0 Å². The van der Waals surface area contributed by atoms with Crippen LogP contribution >= 0.6 is 0 Å². The van der Waals surface area contributed by atoms with Gasteiger partial charge >= 0.3 is 0 Å². The Morgan fingerprint density at radius 3 is 1.88 bits per heavy atom. The molecule has 8 heavy (non-hydrogen) atoms. The van der Waals surface area contributed by atoms with Gasteiger partial charge in [-0.25, -0.2) is 0 Å². The summed E-state index contributed by atoms with van der Waals surface area (Å²) in [6, 6.07) is 0.00926. The molecular weight excluding hydrogens is 106 g/mol. The highest BCUT2D eigenvalue weighted by Gasteiger charge is 2.19. The normalized spacial score (nSPS) is 22.9. The van der Waals surface area contributed by atoms with E-state index in [0.717, 1.165) is 25.7 Å². The summed E-state index contributed by atoms with van der Waals surface area (Å²) in [5.41, 5.74) is 0. The minimum Gasteiger partial charge on any atom is -0.289 e. The molecule has 1 saturated carbocycles. The predicted molar refractivity (Wildman–Crippen MR) is 27.7 cm³/mol. The van der Waals surface area contributed by atoms with Crippen molar-refractivity contribution < 1.29 is 10.4 Å². The van der Waals surface area contributed by atoms with Gasteiger partial charge in [-0.3, -0.25) is 10.4 Å². The largest absolute Gasteiger partial charge is 0.289 e. The Balaban J connectivity index is 2.24. The van der Waals surface area contributed by atoms with Crippen LogP contribution in [-0.2, 0) is 0 Å². The molecule has 2 N–H and O–H groups in total. The first kappa shape index (κ1) is 6.01. The lowest BCUT2D eigenvalue weighted by Gasteiger charge is -2.12. The summed E-state index contributed by atoms with van der Waals surface area (Å²) < 4.78 is 0. The lowest BCUT2D eigenvalue weighted by Crippen LogP contribution is -2.25. The Bertz CT molecular complexity index is 68.8. The lowest BCUT2D eigenvalue weighted by atomic mass is 10.3. The molecule has 0 atom stereocenters. The Hall–Kier alpha value is -0.120. The molecule has 48 valence electrons. The van der Waals surface area contributed by atoms with E-state index in [1.807, 2.05) is 0 Å². The fourth-order valence-corrected chi connectivity index (χ4v) is 1.14. The van der Waals surface area contributed by atoms with Crippen molar-refractivity contribution in [1.82, 2.24) is 5.23 Å². The number of rotatable bonds is 1. The van der Waals surface area contributed by atoms with Gasteiger partial charge < -0.3 is 0 Å².